The predicted octanol–water partition coefficient (Wildman–Crippen LogP) is 4.26. The summed E-state index contributed by atoms with van der Waals surface area (Å²) in [7, 11) is 0. The zero-order valence-electron chi connectivity index (χ0n) is 22.9. The number of anilines is 1. The Morgan fingerprint density at radius 3 is 2.48 bits per heavy atom. The summed E-state index contributed by atoms with van der Waals surface area (Å²) in [4.78, 5) is 24.4. The van der Waals surface area contributed by atoms with Gasteiger partial charge in [0, 0.05) is 49.4 Å². The molecule has 214 valence electrons. The molecule has 6 rings (SSSR count). The van der Waals surface area contributed by atoms with Crippen LogP contribution in [0.4, 0.5) is 18.9 Å². The van der Waals surface area contributed by atoms with E-state index in [4.69, 9.17) is 0 Å². The highest BCUT2D eigenvalue weighted by molar-refractivity contribution is 6.03. The van der Waals surface area contributed by atoms with Gasteiger partial charge >= 0.3 is 0 Å². The second-order valence-corrected chi connectivity index (χ2v) is 12.1. The lowest BCUT2D eigenvalue weighted by molar-refractivity contribution is 0.0753. The summed E-state index contributed by atoms with van der Waals surface area (Å²) < 4.78 is 44.6. The smallest absolute Gasteiger partial charge is 0.274 e. The molecule has 0 aromatic carbocycles. The van der Waals surface area contributed by atoms with Crippen molar-refractivity contribution in [3.8, 4) is 0 Å². The van der Waals surface area contributed by atoms with Gasteiger partial charge in [0.25, 0.3) is 11.8 Å². The normalized spacial score (nSPS) is 22.7. The fraction of sp³-hybridized carbons (Fsp3) is 0.552. The van der Waals surface area contributed by atoms with E-state index in [2.05, 4.69) is 32.4 Å². The van der Waals surface area contributed by atoms with Crippen molar-refractivity contribution < 1.29 is 23.1 Å². The van der Waals surface area contributed by atoms with E-state index in [0.717, 1.165) is 44.7 Å². The van der Waals surface area contributed by atoms with Crippen LogP contribution in [0.25, 0.3) is 5.65 Å². The van der Waals surface area contributed by atoms with Crippen LogP contribution in [-0.4, -0.2) is 68.4 Å². The number of piperidine rings is 1. The lowest BCUT2D eigenvalue weighted by atomic mass is 9.89. The zero-order chi connectivity index (χ0) is 28.4. The lowest BCUT2D eigenvalue weighted by Crippen LogP contribution is -2.54. The summed E-state index contributed by atoms with van der Waals surface area (Å²) in [5, 5.41) is 16.8. The number of nitrogens with zero attached hydrogens (tertiary/aromatic N) is 4. The molecule has 40 heavy (non-hydrogen) atoms. The highest BCUT2D eigenvalue weighted by Gasteiger charge is 2.58. The minimum atomic E-state index is -2.81. The maximum Gasteiger partial charge on any atom is 0.274 e. The minimum Gasteiger partial charge on any atom is -0.386 e. The molecule has 1 aliphatic carbocycles. The Kier molecular flexibility index (Phi) is 6.66. The Morgan fingerprint density at radius 2 is 1.88 bits per heavy atom. The van der Waals surface area contributed by atoms with Crippen molar-refractivity contribution >= 4 is 17.2 Å². The number of hydrogen-bond donors (Lipinski definition) is 3. The van der Waals surface area contributed by atoms with Gasteiger partial charge < -0.3 is 25.0 Å². The first-order chi connectivity index (χ1) is 18.9. The van der Waals surface area contributed by atoms with Gasteiger partial charge in [-0.25, -0.2) is 23.1 Å². The molecule has 2 unspecified atom stereocenters. The predicted molar refractivity (Wildman–Crippen MR) is 144 cm³/mol. The quantitative estimate of drug-likeness (QED) is 0.403. The van der Waals surface area contributed by atoms with Gasteiger partial charge in [-0.3, -0.25) is 4.79 Å². The highest BCUT2D eigenvalue weighted by Crippen LogP contribution is 2.55. The standard InChI is InChI=1S/C29H35F3N6O2/c1-16(18-12-33-13-18)37-9-7-17(8-10-37)22-14-38-15-23(24(28(2,3)40)25(30)26(38)35-22)36-27(39)21-6-4-5-20(34-21)19-11-29(19,31)32/h4-6,14-19,33,40H,7-13H2,1-3H3,(H,36,39). The van der Waals surface area contributed by atoms with Gasteiger partial charge in [-0.1, -0.05) is 6.07 Å². The van der Waals surface area contributed by atoms with E-state index < -0.39 is 29.2 Å². The zero-order valence-corrected chi connectivity index (χ0v) is 22.9. The number of nitrogens with one attached hydrogen (secondary N) is 2. The molecule has 1 amide bonds. The Morgan fingerprint density at radius 1 is 1.18 bits per heavy atom. The third-order valence-corrected chi connectivity index (χ3v) is 8.77. The van der Waals surface area contributed by atoms with Gasteiger partial charge in [-0.2, -0.15) is 0 Å². The molecular formula is C29H35F3N6O2. The van der Waals surface area contributed by atoms with Crippen LogP contribution in [-0.2, 0) is 5.60 Å². The fourth-order valence-electron chi connectivity index (χ4n) is 6.04. The molecule has 3 N–H and O–H groups in total. The van der Waals surface area contributed by atoms with Crippen molar-refractivity contribution in [2.24, 2.45) is 5.92 Å². The van der Waals surface area contributed by atoms with Gasteiger partial charge in [0.15, 0.2) is 11.5 Å². The Labute approximate surface area is 231 Å². The number of amides is 1. The van der Waals surface area contributed by atoms with Crippen molar-refractivity contribution in [1.82, 2.24) is 24.6 Å². The maximum absolute atomic E-state index is 15.9. The number of carbonyl (C=O) groups excluding carboxylic acids is 1. The molecule has 5 heterocycles. The summed E-state index contributed by atoms with van der Waals surface area (Å²) >= 11 is 0. The van der Waals surface area contributed by atoms with Crippen molar-refractivity contribution in [3.63, 3.8) is 0 Å². The Bertz CT molecular complexity index is 1440. The molecule has 1 saturated carbocycles. The monoisotopic (exact) mass is 556 g/mol. The maximum atomic E-state index is 15.9. The number of fused-ring (bicyclic) bond motifs is 1. The largest absolute Gasteiger partial charge is 0.386 e. The third-order valence-electron chi connectivity index (χ3n) is 8.77. The molecule has 2 aliphatic heterocycles. The van der Waals surface area contributed by atoms with Crippen LogP contribution in [0.5, 0.6) is 0 Å². The van der Waals surface area contributed by atoms with Gasteiger partial charge in [0.1, 0.15) is 5.69 Å². The number of hydrogen-bond acceptors (Lipinski definition) is 6. The summed E-state index contributed by atoms with van der Waals surface area (Å²) in [5.41, 5.74) is -0.734. The van der Waals surface area contributed by atoms with Gasteiger partial charge in [-0.05, 0) is 64.8 Å². The number of halogens is 3. The Hall–Kier alpha value is -3.02. The van der Waals surface area contributed by atoms with Crippen LogP contribution in [0, 0.1) is 11.7 Å². The first-order valence-corrected chi connectivity index (χ1v) is 14.0. The van der Waals surface area contributed by atoms with Crippen molar-refractivity contribution in [1.29, 1.82) is 0 Å². The van der Waals surface area contributed by atoms with Gasteiger partial charge in [0.05, 0.1) is 28.6 Å². The molecule has 3 aromatic heterocycles. The van der Waals surface area contributed by atoms with E-state index >= 15 is 4.39 Å². The lowest BCUT2D eigenvalue weighted by Gasteiger charge is -2.42. The molecular weight excluding hydrogens is 521 g/mol. The fourth-order valence-corrected chi connectivity index (χ4v) is 6.04. The van der Waals surface area contributed by atoms with E-state index in [1.165, 1.54) is 32.0 Å². The number of rotatable bonds is 7. The number of imidazole rings is 1. The SMILES string of the molecule is CC(C1CNC1)N1CCC(c2cn3cc(NC(=O)c4cccc(C5CC5(F)F)n4)c(C(C)(C)O)c(F)c3n2)CC1. The first kappa shape index (κ1) is 27.2. The van der Waals surface area contributed by atoms with Crippen molar-refractivity contribution in [3.05, 3.63) is 59.1 Å². The van der Waals surface area contributed by atoms with E-state index in [1.54, 1.807) is 16.8 Å². The third kappa shape index (κ3) is 4.99. The van der Waals surface area contributed by atoms with Gasteiger partial charge in [-0.15, -0.1) is 0 Å². The number of pyridine rings is 2. The second kappa shape index (κ2) is 9.81. The van der Waals surface area contributed by atoms with Crippen molar-refractivity contribution in [2.45, 2.75) is 69.4 Å². The number of aromatic nitrogens is 3. The Balaban J connectivity index is 1.25. The summed E-state index contributed by atoms with van der Waals surface area (Å²) in [6, 6.07) is 4.92. The van der Waals surface area contributed by atoms with E-state index in [0.29, 0.717) is 12.0 Å². The summed E-state index contributed by atoms with van der Waals surface area (Å²) in [6.45, 7) is 9.18. The molecule has 8 nitrogen and oxygen atoms in total. The topological polar surface area (TPSA) is 94.8 Å². The molecule has 3 fully saturated rings. The molecule has 3 aliphatic rings. The molecule has 0 radical (unpaired) electrons. The average Bonchev–Trinajstić information content (AvgIpc) is 3.30. The molecule has 3 aromatic rings. The molecule has 0 bridgehead atoms. The number of carbonyl (C=O) groups is 1. The van der Waals surface area contributed by atoms with Crippen LogP contribution < -0.4 is 10.6 Å². The van der Waals surface area contributed by atoms with Crippen LogP contribution >= 0.6 is 0 Å². The van der Waals surface area contributed by atoms with Crippen LogP contribution in [0.2, 0.25) is 0 Å². The summed E-state index contributed by atoms with van der Waals surface area (Å²) in [6.07, 6.45) is 4.87. The first-order valence-electron chi connectivity index (χ1n) is 14.0. The van der Waals surface area contributed by atoms with Gasteiger partial charge in [0.2, 0.25) is 0 Å². The molecule has 2 atom stereocenters. The average molecular weight is 557 g/mol. The van der Waals surface area contributed by atoms with E-state index in [1.807, 2.05) is 0 Å². The summed E-state index contributed by atoms with van der Waals surface area (Å²) in [5.74, 6) is -4.36. The minimum absolute atomic E-state index is 0.0626. The highest BCUT2D eigenvalue weighted by atomic mass is 19.3. The van der Waals surface area contributed by atoms with Crippen LogP contribution in [0.1, 0.15) is 79.3 Å². The van der Waals surface area contributed by atoms with E-state index in [9.17, 15) is 18.7 Å². The molecule has 11 heteroatoms. The number of likely N-dealkylation sites (tertiary alicyclic amines) is 1. The van der Waals surface area contributed by atoms with Crippen LogP contribution in [0.3, 0.4) is 0 Å². The van der Waals surface area contributed by atoms with E-state index in [-0.39, 0.29) is 40.6 Å². The molecule has 0 spiro atoms. The number of aliphatic hydroxyl groups is 1. The second-order valence-electron chi connectivity index (χ2n) is 12.1. The van der Waals surface area contributed by atoms with Crippen molar-refractivity contribution in [2.75, 3.05) is 31.5 Å². The number of alkyl halides is 2. The van der Waals surface area contributed by atoms with Crippen LogP contribution in [0.15, 0.2) is 30.6 Å². The molecule has 2 saturated heterocycles.